The summed E-state index contributed by atoms with van der Waals surface area (Å²) < 4.78 is 6.25. The molecule has 2 saturated heterocycles. The van der Waals surface area contributed by atoms with Crippen molar-refractivity contribution in [2.75, 3.05) is 13.2 Å². The summed E-state index contributed by atoms with van der Waals surface area (Å²) in [6.45, 7) is 5.04. The minimum atomic E-state index is -0.819. The van der Waals surface area contributed by atoms with Crippen LogP contribution in [0.2, 0.25) is 0 Å². The van der Waals surface area contributed by atoms with Gasteiger partial charge in [0.2, 0.25) is 11.8 Å². The van der Waals surface area contributed by atoms with Gasteiger partial charge in [-0.1, -0.05) is 42.7 Å². The standard InChI is InChI=1S/C29H37NO6/c1-3-20-16-22-27(29(35)30(28(22)34)13-6-4-5-10-25(32)33)23-17-36-24(26(20)23)12-11-18(2)14-19-8-7-9-21(31)15-19/h7-9,14-15,22-24,27,31H,3-6,10-13,16-17H2,1-2H3,(H,32,33)/b18-14+/t22-,23+,24-,27-/m1/s1. The Kier molecular flexibility index (Phi) is 8.29. The summed E-state index contributed by atoms with van der Waals surface area (Å²) in [7, 11) is 0. The number of carbonyl (C=O) groups excluding carboxylic acids is 2. The van der Waals surface area contributed by atoms with Crippen LogP contribution >= 0.6 is 0 Å². The Morgan fingerprint density at radius 2 is 1.94 bits per heavy atom. The molecule has 0 unspecified atom stereocenters. The average Bonchev–Trinajstić information content (AvgIpc) is 3.36. The number of amides is 2. The van der Waals surface area contributed by atoms with Crippen LogP contribution in [-0.2, 0) is 19.1 Å². The summed E-state index contributed by atoms with van der Waals surface area (Å²) >= 11 is 0. The van der Waals surface area contributed by atoms with Crippen LogP contribution in [0.3, 0.4) is 0 Å². The largest absolute Gasteiger partial charge is 0.508 e. The van der Waals surface area contributed by atoms with Gasteiger partial charge in [-0.3, -0.25) is 19.3 Å². The third kappa shape index (κ3) is 5.56. The van der Waals surface area contributed by atoms with Gasteiger partial charge in [-0.05, 0) is 68.7 Å². The van der Waals surface area contributed by atoms with E-state index >= 15 is 0 Å². The highest BCUT2D eigenvalue weighted by atomic mass is 16.5. The van der Waals surface area contributed by atoms with E-state index in [1.54, 1.807) is 12.1 Å². The summed E-state index contributed by atoms with van der Waals surface area (Å²) in [4.78, 5) is 38.7. The lowest BCUT2D eigenvalue weighted by atomic mass is 9.69. The molecule has 0 aromatic heterocycles. The molecule has 36 heavy (non-hydrogen) atoms. The van der Waals surface area contributed by atoms with E-state index in [0.29, 0.717) is 38.8 Å². The van der Waals surface area contributed by atoms with Gasteiger partial charge in [0.25, 0.3) is 0 Å². The molecular formula is C29H37NO6. The number of aromatic hydroxyl groups is 1. The predicted octanol–water partition coefficient (Wildman–Crippen LogP) is 4.95. The molecule has 7 nitrogen and oxygen atoms in total. The highest BCUT2D eigenvalue weighted by molar-refractivity contribution is 6.05. The minimum absolute atomic E-state index is 0.0347. The average molecular weight is 496 g/mol. The van der Waals surface area contributed by atoms with Crippen molar-refractivity contribution in [1.29, 1.82) is 0 Å². The molecule has 1 aromatic carbocycles. The number of unbranched alkanes of at least 4 members (excludes halogenated alkanes) is 2. The second-order valence-corrected chi connectivity index (χ2v) is 10.3. The Morgan fingerprint density at radius 3 is 2.67 bits per heavy atom. The molecular weight excluding hydrogens is 458 g/mol. The lowest BCUT2D eigenvalue weighted by Gasteiger charge is -2.31. The number of ether oxygens (including phenoxy) is 1. The number of phenols is 1. The van der Waals surface area contributed by atoms with Crippen molar-refractivity contribution < 1.29 is 29.3 Å². The third-order valence-electron chi connectivity index (χ3n) is 7.88. The zero-order valence-corrected chi connectivity index (χ0v) is 21.2. The van der Waals surface area contributed by atoms with Gasteiger partial charge < -0.3 is 14.9 Å². The van der Waals surface area contributed by atoms with Crippen LogP contribution in [0.5, 0.6) is 5.75 Å². The third-order valence-corrected chi connectivity index (χ3v) is 7.88. The van der Waals surface area contributed by atoms with Crippen LogP contribution in [0.4, 0.5) is 0 Å². The lowest BCUT2D eigenvalue weighted by molar-refractivity contribution is -0.141. The van der Waals surface area contributed by atoms with Crippen LogP contribution < -0.4 is 0 Å². The molecule has 7 heteroatoms. The normalized spacial score (nSPS) is 25.9. The number of phenolic OH excluding ortho intramolecular Hbond substituents is 1. The van der Waals surface area contributed by atoms with E-state index < -0.39 is 5.97 Å². The number of allylic oxidation sites excluding steroid dienone is 2. The minimum Gasteiger partial charge on any atom is -0.508 e. The van der Waals surface area contributed by atoms with Gasteiger partial charge in [0, 0.05) is 18.9 Å². The van der Waals surface area contributed by atoms with Gasteiger partial charge in [0.1, 0.15) is 5.75 Å². The number of nitrogens with zero attached hydrogens (tertiary/aromatic N) is 1. The maximum Gasteiger partial charge on any atom is 0.303 e. The van der Waals surface area contributed by atoms with Crippen molar-refractivity contribution in [2.45, 2.75) is 71.3 Å². The second-order valence-electron chi connectivity index (χ2n) is 10.3. The molecule has 0 radical (unpaired) electrons. The molecule has 2 fully saturated rings. The van der Waals surface area contributed by atoms with Gasteiger partial charge in [-0.25, -0.2) is 0 Å². The number of hydrogen-bond donors (Lipinski definition) is 2. The van der Waals surface area contributed by atoms with Crippen molar-refractivity contribution in [2.24, 2.45) is 17.8 Å². The summed E-state index contributed by atoms with van der Waals surface area (Å²) in [5.41, 5.74) is 4.67. The summed E-state index contributed by atoms with van der Waals surface area (Å²) in [6.07, 6.45) is 7.18. The van der Waals surface area contributed by atoms with E-state index in [1.165, 1.54) is 21.6 Å². The molecule has 4 atom stereocenters. The molecule has 0 saturated carbocycles. The van der Waals surface area contributed by atoms with Crippen molar-refractivity contribution in [1.82, 2.24) is 4.90 Å². The van der Waals surface area contributed by atoms with Gasteiger partial charge in [-0.15, -0.1) is 0 Å². The first-order valence-electron chi connectivity index (χ1n) is 13.2. The number of carboxylic acids is 1. The Labute approximate surface area is 212 Å². The number of carbonyl (C=O) groups is 3. The van der Waals surface area contributed by atoms with Crippen molar-refractivity contribution in [3.63, 3.8) is 0 Å². The molecule has 1 aliphatic carbocycles. The van der Waals surface area contributed by atoms with E-state index in [-0.39, 0.29) is 47.8 Å². The topological polar surface area (TPSA) is 104 Å². The van der Waals surface area contributed by atoms with Gasteiger partial charge >= 0.3 is 5.97 Å². The van der Waals surface area contributed by atoms with E-state index in [0.717, 1.165) is 24.8 Å². The van der Waals surface area contributed by atoms with Crippen LogP contribution in [0.15, 0.2) is 41.0 Å². The number of aliphatic carboxylic acids is 1. The molecule has 0 bridgehead atoms. The zero-order valence-electron chi connectivity index (χ0n) is 21.2. The Bertz CT molecular complexity index is 1070. The molecule has 2 heterocycles. The summed E-state index contributed by atoms with van der Waals surface area (Å²) in [6, 6.07) is 7.19. The van der Waals surface area contributed by atoms with Crippen LogP contribution in [0.1, 0.15) is 70.8 Å². The fourth-order valence-corrected chi connectivity index (χ4v) is 6.15. The smallest absolute Gasteiger partial charge is 0.303 e. The monoisotopic (exact) mass is 495 g/mol. The van der Waals surface area contributed by atoms with Gasteiger partial charge in [0.15, 0.2) is 0 Å². The molecule has 0 spiro atoms. The van der Waals surface area contributed by atoms with Crippen molar-refractivity contribution in [3.8, 4) is 5.75 Å². The first-order valence-corrected chi connectivity index (χ1v) is 13.2. The number of rotatable bonds is 11. The molecule has 1 aromatic rings. The van der Waals surface area contributed by atoms with Crippen molar-refractivity contribution in [3.05, 3.63) is 46.5 Å². The second kappa shape index (κ2) is 11.4. The molecule has 2 amide bonds. The number of fused-ring (bicyclic) bond motifs is 3. The molecule has 2 aliphatic heterocycles. The van der Waals surface area contributed by atoms with E-state index in [2.05, 4.69) is 19.9 Å². The summed E-state index contributed by atoms with van der Waals surface area (Å²) in [5.74, 6) is -1.39. The molecule has 2 N–H and O–H groups in total. The zero-order chi connectivity index (χ0) is 25.8. The maximum absolute atomic E-state index is 13.4. The van der Waals surface area contributed by atoms with E-state index in [9.17, 15) is 19.5 Å². The number of carboxylic acid groups (broad SMARTS) is 1. The Balaban J connectivity index is 1.41. The van der Waals surface area contributed by atoms with Crippen LogP contribution in [-0.4, -0.2) is 52.2 Å². The first-order chi connectivity index (χ1) is 17.3. The Morgan fingerprint density at radius 1 is 1.14 bits per heavy atom. The van der Waals surface area contributed by atoms with Gasteiger partial charge in [-0.2, -0.15) is 0 Å². The highest BCUT2D eigenvalue weighted by Gasteiger charge is 2.56. The fraction of sp³-hybridized carbons (Fsp3) is 0.552. The van der Waals surface area contributed by atoms with Crippen molar-refractivity contribution >= 4 is 23.9 Å². The molecule has 194 valence electrons. The highest BCUT2D eigenvalue weighted by Crippen LogP contribution is 2.50. The molecule has 3 aliphatic rings. The van der Waals surface area contributed by atoms with Gasteiger partial charge in [0.05, 0.1) is 24.5 Å². The summed E-state index contributed by atoms with van der Waals surface area (Å²) in [5, 5.41) is 18.5. The lowest BCUT2D eigenvalue weighted by Crippen LogP contribution is -2.34. The fourth-order valence-electron chi connectivity index (χ4n) is 6.15. The predicted molar refractivity (Wildman–Crippen MR) is 136 cm³/mol. The molecule has 4 rings (SSSR count). The Hall–Kier alpha value is -2.93. The quantitative estimate of drug-likeness (QED) is 0.256. The van der Waals surface area contributed by atoms with Crippen LogP contribution in [0, 0.1) is 17.8 Å². The SMILES string of the molecule is CCC1=C2[C@@H](CC/C(C)=C/c3cccc(O)c3)OC[C@@H]2[C@@H]2C(=O)N(CCCCCC(=O)O)C(=O)[C@@H]2C1. The number of likely N-dealkylation sites (tertiary alicyclic amines) is 1. The van der Waals surface area contributed by atoms with Crippen LogP contribution in [0.25, 0.3) is 6.08 Å². The van der Waals surface area contributed by atoms with E-state index in [4.69, 9.17) is 9.84 Å². The van der Waals surface area contributed by atoms with E-state index in [1.807, 2.05) is 12.1 Å². The number of benzene rings is 1. The number of hydrogen-bond acceptors (Lipinski definition) is 5. The maximum atomic E-state index is 13.4. The number of imide groups is 1. The first kappa shape index (κ1) is 26.1.